The summed E-state index contributed by atoms with van der Waals surface area (Å²) in [5.74, 6) is 0.168. The number of para-hydroxylation sites is 1. The number of hydrogen-bond donors (Lipinski definition) is 0. The van der Waals surface area contributed by atoms with Crippen LogP contribution >= 0.6 is 0 Å². The van der Waals surface area contributed by atoms with Gasteiger partial charge < -0.3 is 4.90 Å². The number of rotatable bonds is 7. The third-order valence-corrected chi connectivity index (χ3v) is 5.72. The predicted molar refractivity (Wildman–Crippen MR) is 124 cm³/mol. The van der Waals surface area contributed by atoms with Crippen LogP contribution in [-0.4, -0.2) is 58.0 Å². The van der Waals surface area contributed by atoms with Gasteiger partial charge in [-0.25, -0.2) is 4.98 Å². The number of nitrogens with zero attached hydrogens (tertiary/aromatic N) is 4. The van der Waals surface area contributed by atoms with Crippen LogP contribution in [0.5, 0.6) is 0 Å². The van der Waals surface area contributed by atoms with E-state index in [0.717, 1.165) is 32.7 Å². The second-order valence-electron chi connectivity index (χ2n) is 7.86. The summed E-state index contributed by atoms with van der Waals surface area (Å²) in [6, 6.07) is 17.6. The third-order valence-electron chi connectivity index (χ3n) is 5.72. The van der Waals surface area contributed by atoms with Crippen LogP contribution in [0, 0.1) is 0 Å². The molecule has 1 fully saturated rings. The van der Waals surface area contributed by atoms with E-state index in [9.17, 15) is 9.59 Å². The van der Waals surface area contributed by atoms with Crippen molar-refractivity contribution in [2.24, 2.45) is 0 Å². The monoisotopic (exact) mass is 416 g/mol. The Morgan fingerprint density at radius 1 is 0.968 bits per heavy atom. The summed E-state index contributed by atoms with van der Waals surface area (Å²) in [5.41, 5.74) is 1.86. The van der Waals surface area contributed by atoms with Crippen molar-refractivity contribution < 1.29 is 4.79 Å². The van der Waals surface area contributed by atoms with Crippen LogP contribution in [-0.2, 0) is 11.3 Å². The first-order valence-electron chi connectivity index (χ1n) is 10.9. The van der Waals surface area contributed by atoms with Gasteiger partial charge in [0, 0.05) is 45.7 Å². The molecule has 6 nitrogen and oxygen atoms in total. The molecule has 1 aliphatic rings. The minimum atomic E-state index is -0.0461. The van der Waals surface area contributed by atoms with Crippen molar-refractivity contribution in [1.29, 1.82) is 0 Å². The molecule has 0 unspecified atom stereocenters. The van der Waals surface area contributed by atoms with Gasteiger partial charge in [-0.05, 0) is 24.1 Å². The molecule has 2 heterocycles. The van der Waals surface area contributed by atoms with Gasteiger partial charge >= 0.3 is 0 Å². The Morgan fingerprint density at radius 2 is 1.71 bits per heavy atom. The molecule has 4 rings (SSSR count). The quantitative estimate of drug-likeness (QED) is 0.594. The molecule has 1 amide bonds. The molecule has 1 saturated heterocycles. The van der Waals surface area contributed by atoms with Gasteiger partial charge in [0.05, 0.1) is 17.2 Å². The Bertz CT molecular complexity index is 1100. The van der Waals surface area contributed by atoms with E-state index in [1.54, 1.807) is 17.0 Å². The molecule has 0 N–H and O–H groups in total. The number of hydrogen-bond acceptors (Lipinski definition) is 4. The van der Waals surface area contributed by atoms with Gasteiger partial charge in [0.1, 0.15) is 0 Å². The standard InChI is InChI=1S/C25H28N4O2/c30-24(13-7-15-29-20-26-23-12-5-4-11-22(23)25(29)31)28-18-16-27(17-19-28)14-6-10-21-8-2-1-3-9-21/h1-6,8-12,20H,7,13-19H2/b10-6+. The minimum Gasteiger partial charge on any atom is -0.340 e. The summed E-state index contributed by atoms with van der Waals surface area (Å²) in [4.78, 5) is 33.8. The lowest BCUT2D eigenvalue weighted by molar-refractivity contribution is -0.133. The maximum Gasteiger partial charge on any atom is 0.261 e. The fraction of sp³-hybridized carbons (Fsp3) is 0.320. The number of piperazine rings is 1. The van der Waals surface area contributed by atoms with Crippen LogP contribution in [0.3, 0.4) is 0 Å². The number of amides is 1. The average molecular weight is 417 g/mol. The first kappa shape index (κ1) is 21.0. The average Bonchev–Trinajstić information content (AvgIpc) is 2.82. The van der Waals surface area contributed by atoms with Crippen LogP contribution in [0.1, 0.15) is 18.4 Å². The van der Waals surface area contributed by atoms with Crippen LogP contribution in [0.15, 0.2) is 71.8 Å². The zero-order valence-electron chi connectivity index (χ0n) is 17.7. The second kappa shape index (κ2) is 10.2. The van der Waals surface area contributed by atoms with E-state index in [1.807, 2.05) is 41.3 Å². The zero-order valence-corrected chi connectivity index (χ0v) is 17.7. The van der Waals surface area contributed by atoms with E-state index in [1.165, 1.54) is 5.56 Å². The molecule has 0 bridgehead atoms. The van der Waals surface area contributed by atoms with Crippen molar-refractivity contribution in [3.63, 3.8) is 0 Å². The number of carbonyl (C=O) groups excluding carboxylic acids is 1. The lowest BCUT2D eigenvalue weighted by Gasteiger charge is -2.34. The van der Waals surface area contributed by atoms with E-state index in [2.05, 4.69) is 34.2 Å². The Hall–Kier alpha value is -3.25. The Balaban J connectivity index is 1.20. The Kier molecular flexibility index (Phi) is 6.89. The van der Waals surface area contributed by atoms with E-state index < -0.39 is 0 Å². The fourth-order valence-electron chi connectivity index (χ4n) is 3.91. The van der Waals surface area contributed by atoms with Crippen molar-refractivity contribution in [3.8, 4) is 0 Å². The van der Waals surface area contributed by atoms with E-state index in [0.29, 0.717) is 30.3 Å². The molecular weight excluding hydrogens is 388 g/mol. The SMILES string of the molecule is O=C(CCCn1cnc2ccccc2c1=O)N1CCN(C/C=C/c2ccccc2)CC1. The molecule has 2 aromatic carbocycles. The largest absolute Gasteiger partial charge is 0.340 e. The fourth-order valence-corrected chi connectivity index (χ4v) is 3.91. The number of aromatic nitrogens is 2. The van der Waals surface area contributed by atoms with Crippen LogP contribution in [0.4, 0.5) is 0 Å². The Morgan fingerprint density at radius 3 is 2.52 bits per heavy atom. The molecule has 6 heteroatoms. The summed E-state index contributed by atoms with van der Waals surface area (Å²) in [6.07, 6.45) is 6.99. The van der Waals surface area contributed by atoms with E-state index in [-0.39, 0.29) is 11.5 Å². The van der Waals surface area contributed by atoms with Gasteiger partial charge in [0.2, 0.25) is 5.91 Å². The molecule has 0 atom stereocenters. The van der Waals surface area contributed by atoms with Gasteiger partial charge in [-0.15, -0.1) is 0 Å². The predicted octanol–water partition coefficient (Wildman–Crippen LogP) is 3.03. The molecule has 0 aliphatic carbocycles. The van der Waals surface area contributed by atoms with Crippen LogP contribution < -0.4 is 5.56 Å². The van der Waals surface area contributed by atoms with Crippen molar-refractivity contribution >= 4 is 22.9 Å². The van der Waals surface area contributed by atoms with Crippen molar-refractivity contribution in [2.45, 2.75) is 19.4 Å². The van der Waals surface area contributed by atoms with E-state index in [4.69, 9.17) is 0 Å². The number of benzene rings is 2. The summed E-state index contributed by atoms with van der Waals surface area (Å²) < 4.78 is 1.60. The van der Waals surface area contributed by atoms with Gasteiger partial charge in [0.25, 0.3) is 5.56 Å². The molecular formula is C25H28N4O2. The molecule has 160 valence electrons. The van der Waals surface area contributed by atoms with Crippen LogP contribution in [0.25, 0.3) is 17.0 Å². The summed E-state index contributed by atoms with van der Waals surface area (Å²) >= 11 is 0. The van der Waals surface area contributed by atoms with Crippen molar-refractivity contribution in [3.05, 3.63) is 82.9 Å². The number of carbonyl (C=O) groups is 1. The van der Waals surface area contributed by atoms with Gasteiger partial charge in [-0.1, -0.05) is 54.6 Å². The molecule has 0 saturated carbocycles. The van der Waals surface area contributed by atoms with Gasteiger partial charge in [0.15, 0.2) is 0 Å². The van der Waals surface area contributed by atoms with Crippen molar-refractivity contribution in [2.75, 3.05) is 32.7 Å². The number of fused-ring (bicyclic) bond motifs is 1. The molecule has 3 aromatic rings. The highest BCUT2D eigenvalue weighted by molar-refractivity contribution is 5.77. The normalized spacial score (nSPS) is 15.0. The smallest absolute Gasteiger partial charge is 0.261 e. The molecule has 1 aromatic heterocycles. The highest BCUT2D eigenvalue weighted by Gasteiger charge is 2.20. The summed E-state index contributed by atoms with van der Waals surface area (Å²) in [6.45, 7) is 4.70. The first-order chi connectivity index (χ1) is 15.2. The topological polar surface area (TPSA) is 58.4 Å². The highest BCUT2D eigenvalue weighted by atomic mass is 16.2. The second-order valence-corrected chi connectivity index (χ2v) is 7.86. The van der Waals surface area contributed by atoms with Crippen LogP contribution in [0.2, 0.25) is 0 Å². The molecule has 31 heavy (non-hydrogen) atoms. The molecule has 0 spiro atoms. The maximum atomic E-state index is 12.6. The molecule has 0 radical (unpaired) electrons. The number of aryl methyl sites for hydroxylation is 1. The zero-order chi connectivity index (χ0) is 21.5. The third kappa shape index (κ3) is 5.47. The van der Waals surface area contributed by atoms with Gasteiger partial charge in [-0.3, -0.25) is 19.1 Å². The highest BCUT2D eigenvalue weighted by Crippen LogP contribution is 2.08. The van der Waals surface area contributed by atoms with Gasteiger partial charge in [-0.2, -0.15) is 0 Å². The lowest BCUT2D eigenvalue weighted by atomic mass is 10.2. The lowest BCUT2D eigenvalue weighted by Crippen LogP contribution is -2.48. The maximum absolute atomic E-state index is 12.6. The minimum absolute atomic E-state index is 0.0461. The Labute approximate surface area is 182 Å². The van der Waals surface area contributed by atoms with E-state index >= 15 is 0 Å². The molecule has 1 aliphatic heterocycles. The summed E-state index contributed by atoms with van der Waals surface area (Å²) in [5, 5.41) is 0.619. The summed E-state index contributed by atoms with van der Waals surface area (Å²) in [7, 11) is 0. The first-order valence-corrected chi connectivity index (χ1v) is 10.9. The van der Waals surface area contributed by atoms with Crippen molar-refractivity contribution in [1.82, 2.24) is 19.4 Å².